The van der Waals surface area contributed by atoms with E-state index in [-0.39, 0.29) is 19.4 Å². The van der Waals surface area contributed by atoms with E-state index in [1.807, 2.05) is 30.4 Å². The van der Waals surface area contributed by atoms with E-state index in [2.05, 4.69) is 86.8 Å². The average Bonchev–Trinajstić information content (AvgIpc) is 3.41. The zero-order valence-corrected chi connectivity index (χ0v) is 47.4. The lowest BCUT2D eigenvalue weighted by atomic mass is 9.99. The third-order valence-corrected chi connectivity index (χ3v) is 13.5. The van der Waals surface area contributed by atoms with Gasteiger partial charge in [-0.15, -0.1) is 0 Å². The maximum atomic E-state index is 13.3. The Labute approximate surface area is 456 Å². The largest absolute Gasteiger partial charge is 0.454 e. The molecule has 1 aliphatic heterocycles. The Morgan fingerprint density at radius 2 is 1.01 bits per heavy atom. The van der Waals surface area contributed by atoms with E-state index in [0.29, 0.717) is 12.8 Å². The lowest BCUT2D eigenvalue weighted by molar-refractivity contribution is -0.305. The van der Waals surface area contributed by atoms with Crippen molar-refractivity contribution in [3.8, 4) is 0 Å². The summed E-state index contributed by atoms with van der Waals surface area (Å²) in [4.78, 5) is 26.5. The van der Waals surface area contributed by atoms with Gasteiger partial charge in [0.1, 0.15) is 24.4 Å². The first kappa shape index (κ1) is 69.6. The van der Waals surface area contributed by atoms with E-state index < -0.39 is 67.4 Å². The topological polar surface area (TPSA) is 175 Å². The molecule has 1 rings (SSSR count). The number of carbonyl (C=O) groups is 2. The van der Waals surface area contributed by atoms with Crippen LogP contribution in [0, 0.1) is 0 Å². The Morgan fingerprint density at radius 3 is 1.57 bits per heavy atom. The first-order valence-electron chi connectivity index (χ1n) is 30.0. The van der Waals surface area contributed by atoms with E-state index in [9.17, 15) is 35.1 Å². The number of aliphatic hydroxyl groups is 5. The molecule has 8 atom stereocenters. The molecule has 1 heterocycles. The van der Waals surface area contributed by atoms with E-state index >= 15 is 0 Å². The van der Waals surface area contributed by atoms with Crippen molar-refractivity contribution in [1.29, 1.82) is 0 Å². The zero-order chi connectivity index (χ0) is 54.7. The predicted octanol–water partition coefficient (Wildman–Crippen LogP) is 13.9. The van der Waals surface area contributed by atoms with Gasteiger partial charge in [-0.2, -0.15) is 0 Å². The third-order valence-electron chi connectivity index (χ3n) is 13.5. The Balaban J connectivity index is 2.66. The number of amides is 1. The molecular weight excluding hydrogens is 943 g/mol. The molecule has 8 unspecified atom stereocenters. The van der Waals surface area contributed by atoms with Gasteiger partial charge in [0.15, 0.2) is 12.4 Å². The smallest absolute Gasteiger partial charge is 0.306 e. The molecule has 11 nitrogen and oxygen atoms in total. The molecule has 6 N–H and O–H groups in total. The quantitative estimate of drug-likeness (QED) is 0.0149. The van der Waals surface area contributed by atoms with Gasteiger partial charge in [-0.3, -0.25) is 9.59 Å². The lowest BCUT2D eigenvalue weighted by Crippen LogP contribution is -2.61. The molecule has 0 aromatic carbocycles. The summed E-state index contributed by atoms with van der Waals surface area (Å²) in [5, 5.41) is 56.8. The molecule has 430 valence electrons. The Kier molecular flexibility index (Phi) is 47.6. The second-order valence-electron chi connectivity index (χ2n) is 20.4. The van der Waals surface area contributed by atoms with Crippen molar-refractivity contribution >= 4 is 11.9 Å². The fourth-order valence-corrected chi connectivity index (χ4v) is 8.75. The summed E-state index contributed by atoms with van der Waals surface area (Å²) in [7, 11) is 0. The van der Waals surface area contributed by atoms with Crippen molar-refractivity contribution in [2.24, 2.45) is 0 Å². The van der Waals surface area contributed by atoms with Gasteiger partial charge in [0.25, 0.3) is 0 Å². The molecule has 1 amide bonds. The van der Waals surface area contributed by atoms with Crippen LogP contribution in [0.2, 0.25) is 0 Å². The highest BCUT2D eigenvalue weighted by atomic mass is 16.7. The van der Waals surface area contributed by atoms with Crippen molar-refractivity contribution in [3.63, 3.8) is 0 Å². The minimum atomic E-state index is -1.63. The van der Waals surface area contributed by atoms with Crippen molar-refractivity contribution in [1.82, 2.24) is 5.32 Å². The summed E-state index contributed by atoms with van der Waals surface area (Å²) in [5.74, 6) is -1.23. The number of hydrogen-bond donors (Lipinski definition) is 6. The van der Waals surface area contributed by atoms with Gasteiger partial charge >= 0.3 is 5.97 Å². The highest BCUT2D eigenvalue weighted by molar-refractivity contribution is 5.80. The molecule has 0 bridgehead atoms. The minimum Gasteiger partial charge on any atom is -0.454 e. The van der Waals surface area contributed by atoms with Crippen LogP contribution in [0.5, 0.6) is 0 Å². The van der Waals surface area contributed by atoms with Gasteiger partial charge in [-0.25, -0.2) is 0 Å². The summed E-state index contributed by atoms with van der Waals surface area (Å²) in [5.41, 5.74) is 0. The summed E-state index contributed by atoms with van der Waals surface area (Å²) >= 11 is 0. The van der Waals surface area contributed by atoms with E-state index in [4.69, 9.17) is 14.2 Å². The first-order valence-corrected chi connectivity index (χ1v) is 30.0. The van der Waals surface area contributed by atoms with Gasteiger partial charge in [0.2, 0.25) is 5.91 Å². The lowest BCUT2D eigenvalue weighted by Gasteiger charge is -2.41. The second-order valence-corrected chi connectivity index (χ2v) is 20.4. The van der Waals surface area contributed by atoms with Crippen molar-refractivity contribution in [2.45, 2.75) is 282 Å². The Hall–Kier alpha value is -3.42. The molecule has 0 aromatic heterocycles. The van der Waals surface area contributed by atoms with Gasteiger partial charge in [0, 0.05) is 6.42 Å². The Bertz CT molecular complexity index is 1580. The summed E-state index contributed by atoms with van der Waals surface area (Å²) in [6, 6.07) is -1.04. The second kappa shape index (κ2) is 51.3. The number of aliphatic hydroxyl groups excluding tert-OH is 5. The number of carbonyl (C=O) groups excluding carboxylic acids is 2. The van der Waals surface area contributed by atoms with Crippen LogP contribution >= 0.6 is 0 Å². The van der Waals surface area contributed by atoms with Crippen molar-refractivity contribution in [2.75, 3.05) is 13.2 Å². The normalized spacial score (nSPS) is 19.9. The van der Waals surface area contributed by atoms with Crippen LogP contribution < -0.4 is 5.32 Å². The van der Waals surface area contributed by atoms with Gasteiger partial charge in [0.05, 0.1) is 25.4 Å². The molecule has 0 aliphatic carbocycles. The third kappa shape index (κ3) is 39.6. The SMILES string of the molecule is CC/C=C/C=C/C=C\CCCCCCC(O)C(=O)NC(COC1OC(CO)C(O)C(O)C1OC(=O)CCCCCCCCC/C=C\C/C=C\C/C=C\C/C=C\CCCCC)C(O)/C=C/CCCCCCCCCCC. The summed E-state index contributed by atoms with van der Waals surface area (Å²) < 4.78 is 17.6. The minimum absolute atomic E-state index is 0.104. The number of esters is 1. The average molecular weight is 1050 g/mol. The molecule has 1 fully saturated rings. The zero-order valence-electron chi connectivity index (χ0n) is 47.4. The number of unbranched alkanes of at least 4 members (excludes halogenated alkanes) is 23. The molecule has 0 spiro atoms. The highest BCUT2D eigenvalue weighted by Crippen LogP contribution is 2.26. The van der Waals surface area contributed by atoms with Crippen molar-refractivity contribution < 1.29 is 49.3 Å². The van der Waals surface area contributed by atoms with Crippen LogP contribution in [-0.4, -0.2) is 99.6 Å². The number of ether oxygens (including phenoxy) is 3. The monoisotopic (exact) mass is 1050 g/mol. The fraction of sp³-hybridized carbons (Fsp3) is 0.719. The summed E-state index contributed by atoms with van der Waals surface area (Å²) in [6.07, 6.45) is 57.4. The number of allylic oxidation sites excluding steroid dienone is 15. The molecule has 0 radical (unpaired) electrons. The van der Waals surface area contributed by atoms with Gasteiger partial charge < -0.3 is 45.1 Å². The fourth-order valence-electron chi connectivity index (χ4n) is 8.75. The Morgan fingerprint density at radius 1 is 0.547 bits per heavy atom. The number of rotatable bonds is 49. The van der Waals surface area contributed by atoms with Crippen LogP contribution in [0.4, 0.5) is 0 Å². The standard InChI is InChI=1S/C64H109NO10/c1-4-7-10-13-16-19-22-24-25-26-27-28-29-30-31-32-33-34-37-40-43-46-49-52-59(69)75-62-61(71)60(70)58(53-66)74-64(62)73-54-55(56(67)50-47-44-41-38-35-21-18-15-12-9-6-3)65-63(72)57(68)51-48-45-42-39-36-23-20-17-14-11-8-5-2/h8,11,14,16-17,19-20,23-25,27-28,30-31,47,50,55-58,60-62,64,66-68,70-71H,4-7,9-10,12-13,15,18,21-22,26,29,32-46,48-49,51-54H2,1-3H3,(H,65,72)/b11-8+,17-14+,19-16-,23-20-,25-24-,28-27-,31-30-,50-47+. The number of hydrogen-bond acceptors (Lipinski definition) is 10. The summed E-state index contributed by atoms with van der Waals surface area (Å²) in [6.45, 7) is 5.58. The molecule has 0 saturated carbocycles. The van der Waals surface area contributed by atoms with Gasteiger partial charge in [-0.05, 0) is 89.9 Å². The van der Waals surface area contributed by atoms with Crippen LogP contribution in [0.15, 0.2) is 97.2 Å². The molecule has 1 saturated heterocycles. The molecule has 75 heavy (non-hydrogen) atoms. The molecule has 11 heteroatoms. The van der Waals surface area contributed by atoms with Gasteiger partial charge in [-0.1, -0.05) is 234 Å². The van der Waals surface area contributed by atoms with Crippen LogP contribution in [-0.2, 0) is 23.8 Å². The maximum absolute atomic E-state index is 13.3. The van der Waals surface area contributed by atoms with Crippen LogP contribution in [0.1, 0.15) is 233 Å². The predicted molar refractivity (Wildman–Crippen MR) is 310 cm³/mol. The molecule has 0 aromatic rings. The van der Waals surface area contributed by atoms with Crippen LogP contribution in [0.25, 0.3) is 0 Å². The number of nitrogens with one attached hydrogen (secondary N) is 1. The molecule has 1 aliphatic rings. The van der Waals surface area contributed by atoms with Crippen molar-refractivity contribution in [3.05, 3.63) is 97.2 Å². The van der Waals surface area contributed by atoms with E-state index in [1.165, 1.54) is 64.2 Å². The molecular formula is C64H109NO10. The highest BCUT2D eigenvalue weighted by Gasteiger charge is 2.47. The van der Waals surface area contributed by atoms with E-state index in [1.54, 1.807) is 6.08 Å². The first-order chi connectivity index (χ1) is 36.7. The van der Waals surface area contributed by atoms with E-state index in [0.717, 1.165) is 122 Å². The van der Waals surface area contributed by atoms with Crippen LogP contribution in [0.3, 0.4) is 0 Å². The maximum Gasteiger partial charge on any atom is 0.306 e.